The monoisotopic (exact) mass is 867 g/mol. The SMILES string of the molecule is CC\C=C/C=C\C=C/C=C\C=C/CCCCCC(=O)OC(COC(=O)CCCCC\C=C/C=C/C=C\C=C/C=C\C=C/CC)COC(=O)CCCCC/C=C\CCCCCCCC. The topological polar surface area (TPSA) is 78.9 Å². The van der Waals surface area contributed by atoms with Gasteiger partial charge in [0.25, 0.3) is 0 Å². The molecule has 0 fully saturated rings. The summed E-state index contributed by atoms with van der Waals surface area (Å²) in [4.78, 5) is 37.9. The zero-order valence-corrected chi connectivity index (χ0v) is 39.8. The van der Waals surface area contributed by atoms with Gasteiger partial charge < -0.3 is 14.2 Å². The first-order valence-corrected chi connectivity index (χ1v) is 24.5. The zero-order chi connectivity index (χ0) is 45.8. The van der Waals surface area contributed by atoms with Crippen molar-refractivity contribution >= 4 is 17.9 Å². The van der Waals surface area contributed by atoms with Crippen molar-refractivity contribution in [2.45, 2.75) is 181 Å². The molecule has 0 aromatic heterocycles. The van der Waals surface area contributed by atoms with E-state index >= 15 is 0 Å². The van der Waals surface area contributed by atoms with Crippen LogP contribution in [0.15, 0.2) is 146 Å². The van der Waals surface area contributed by atoms with Gasteiger partial charge in [-0.2, -0.15) is 0 Å². The van der Waals surface area contributed by atoms with E-state index in [2.05, 4.69) is 57.2 Å². The molecule has 0 aliphatic heterocycles. The highest BCUT2D eigenvalue weighted by molar-refractivity contribution is 5.71. The summed E-state index contributed by atoms with van der Waals surface area (Å²) in [5.41, 5.74) is 0. The second kappa shape index (κ2) is 49.9. The lowest BCUT2D eigenvalue weighted by atomic mass is 10.1. The largest absolute Gasteiger partial charge is 0.462 e. The summed E-state index contributed by atoms with van der Waals surface area (Å²) in [7, 11) is 0. The van der Waals surface area contributed by atoms with Crippen LogP contribution in [-0.2, 0) is 28.6 Å². The molecule has 0 bridgehead atoms. The minimum absolute atomic E-state index is 0.125. The van der Waals surface area contributed by atoms with Gasteiger partial charge in [0.15, 0.2) is 6.10 Å². The third kappa shape index (κ3) is 48.2. The molecule has 0 spiro atoms. The fourth-order valence-electron chi connectivity index (χ4n) is 5.96. The quantitative estimate of drug-likeness (QED) is 0.0200. The summed E-state index contributed by atoms with van der Waals surface area (Å²) in [6.45, 7) is 6.22. The lowest BCUT2D eigenvalue weighted by Gasteiger charge is -2.18. The highest BCUT2D eigenvalue weighted by atomic mass is 16.6. The maximum Gasteiger partial charge on any atom is 0.306 e. The second-order valence-electron chi connectivity index (χ2n) is 15.5. The van der Waals surface area contributed by atoms with E-state index in [4.69, 9.17) is 14.2 Å². The van der Waals surface area contributed by atoms with Crippen LogP contribution in [0.3, 0.4) is 0 Å². The summed E-state index contributed by atoms with van der Waals surface area (Å²) >= 11 is 0. The predicted molar refractivity (Wildman–Crippen MR) is 269 cm³/mol. The Balaban J connectivity index is 4.62. The molecule has 0 saturated heterocycles. The first kappa shape index (κ1) is 58.3. The molecule has 6 nitrogen and oxygen atoms in total. The van der Waals surface area contributed by atoms with E-state index in [0.29, 0.717) is 19.3 Å². The number of carbonyl (C=O) groups excluding carboxylic acids is 3. The van der Waals surface area contributed by atoms with Crippen molar-refractivity contribution in [3.8, 4) is 0 Å². The maximum absolute atomic E-state index is 12.8. The van der Waals surface area contributed by atoms with Crippen molar-refractivity contribution in [3.63, 3.8) is 0 Å². The molecular weight excluding hydrogens is 781 g/mol. The predicted octanol–water partition coefficient (Wildman–Crippen LogP) is 16.1. The summed E-state index contributed by atoms with van der Waals surface area (Å²) in [6, 6.07) is 0. The van der Waals surface area contributed by atoms with Crippen molar-refractivity contribution < 1.29 is 28.6 Å². The number of esters is 3. The van der Waals surface area contributed by atoms with E-state index in [1.165, 1.54) is 38.5 Å². The van der Waals surface area contributed by atoms with Crippen molar-refractivity contribution in [1.29, 1.82) is 0 Å². The molecule has 0 aliphatic carbocycles. The van der Waals surface area contributed by atoms with Crippen LogP contribution in [0.5, 0.6) is 0 Å². The van der Waals surface area contributed by atoms with Gasteiger partial charge in [-0.1, -0.05) is 218 Å². The molecule has 350 valence electrons. The average molecular weight is 867 g/mol. The van der Waals surface area contributed by atoms with E-state index < -0.39 is 6.10 Å². The fraction of sp³-hybridized carbons (Fsp3) is 0.526. The van der Waals surface area contributed by atoms with Crippen molar-refractivity contribution in [1.82, 2.24) is 0 Å². The normalized spacial score (nSPS) is 13.4. The van der Waals surface area contributed by atoms with Gasteiger partial charge >= 0.3 is 17.9 Å². The molecule has 0 rings (SSSR count). The molecule has 63 heavy (non-hydrogen) atoms. The van der Waals surface area contributed by atoms with Crippen LogP contribution < -0.4 is 0 Å². The van der Waals surface area contributed by atoms with Crippen LogP contribution >= 0.6 is 0 Å². The van der Waals surface area contributed by atoms with E-state index in [0.717, 1.165) is 83.5 Å². The smallest absolute Gasteiger partial charge is 0.306 e. The van der Waals surface area contributed by atoms with Gasteiger partial charge in [0.1, 0.15) is 13.2 Å². The first-order valence-electron chi connectivity index (χ1n) is 24.5. The zero-order valence-electron chi connectivity index (χ0n) is 39.8. The highest BCUT2D eigenvalue weighted by Crippen LogP contribution is 2.12. The third-order valence-corrected chi connectivity index (χ3v) is 9.60. The Morgan fingerprint density at radius 1 is 0.333 bits per heavy atom. The molecule has 0 N–H and O–H groups in total. The van der Waals surface area contributed by atoms with Crippen LogP contribution in [-0.4, -0.2) is 37.2 Å². The summed E-state index contributed by atoms with van der Waals surface area (Å²) in [5, 5.41) is 0. The van der Waals surface area contributed by atoms with Gasteiger partial charge in [0, 0.05) is 19.3 Å². The van der Waals surface area contributed by atoms with Crippen LogP contribution in [0, 0.1) is 0 Å². The van der Waals surface area contributed by atoms with E-state index in [9.17, 15) is 14.4 Å². The summed E-state index contributed by atoms with van der Waals surface area (Å²) in [5.74, 6) is -1.04. The van der Waals surface area contributed by atoms with Crippen molar-refractivity contribution in [2.24, 2.45) is 0 Å². The second-order valence-corrected chi connectivity index (χ2v) is 15.5. The van der Waals surface area contributed by atoms with Crippen LogP contribution in [0.2, 0.25) is 0 Å². The van der Waals surface area contributed by atoms with E-state index in [-0.39, 0.29) is 44.0 Å². The van der Waals surface area contributed by atoms with Gasteiger partial charge in [-0.25, -0.2) is 0 Å². The molecule has 6 heteroatoms. The average Bonchev–Trinajstić information content (AvgIpc) is 3.28. The highest BCUT2D eigenvalue weighted by Gasteiger charge is 2.19. The molecule has 0 radical (unpaired) electrons. The first-order chi connectivity index (χ1) is 31.0. The number of ether oxygens (including phenoxy) is 3. The number of hydrogen-bond donors (Lipinski definition) is 0. The Bertz CT molecular complexity index is 1460. The van der Waals surface area contributed by atoms with Gasteiger partial charge in [-0.3, -0.25) is 14.4 Å². The van der Waals surface area contributed by atoms with Gasteiger partial charge in [-0.15, -0.1) is 0 Å². The molecule has 0 heterocycles. The molecule has 0 aromatic rings. The minimum Gasteiger partial charge on any atom is -0.462 e. The lowest BCUT2D eigenvalue weighted by molar-refractivity contribution is -0.167. The molecule has 0 aliphatic rings. The fourth-order valence-corrected chi connectivity index (χ4v) is 5.96. The Morgan fingerprint density at radius 3 is 1.02 bits per heavy atom. The Kier molecular flexibility index (Phi) is 46.2. The molecule has 0 saturated carbocycles. The van der Waals surface area contributed by atoms with Crippen LogP contribution in [0.1, 0.15) is 175 Å². The number of unbranched alkanes of at least 4 members (excludes halogenated alkanes) is 15. The van der Waals surface area contributed by atoms with Gasteiger partial charge in [0.05, 0.1) is 0 Å². The van der Waals surface area contributed by atoms with E-state index in [1.807, 2.05) is 109 Å². The number of allylic oxidation sites excluding steroid dienone is 24. The summed E-state index contributed by atoms with van der Waals surface area (Å²) < 4.78 is 16.7. The molecule has 1 unspecified atom stereocenters. The summed E-state index contributed by atoms with van der Waals surface area (Å²) in [6.07, 6.45) is 71.1. The number of carbonyl (C=O) groups is 3. The minimum atomic E-state index is -0.830. The Labute approximate surface area is 385 Å². The number of rotatable bonds is 41. The lowest BCUT2D eigenvalue weighted by Crippen LogP contribution is -2.30. The number of hydrogen-bond acceptors (Lipinski definition) is 6. The standard InChI is InChI=1S/C57H86O6/c1-4-7-10-13-16-19-22-25-27-28-30-32-35-38-41-44-47-50-56(59)62-53-54(52-61-55(58)49-46-43-40-37-34-31-24-21-18-15-12-9-6-3)63-57(60)51-48-45-42-39-36-33-29-26-23-20-17-14-11-8-5-2/h7-8,10-11,13-14,16-17,19-20,22-23,25-36,54H,4-6,9,12,15,18,21,24,37-53H2,1-3H3/b10-7-,11-8-,16-13-,17-14-,22-19-,23-20-,27-25-,29-26-,30-28+,34-31-,35-32-,36-33-. The Hall–Kier alpha value is -4.71. The molecule has 0 amide bonds. The third-order valence-electron chi connectivity index (χ3n) is 9.60. The van der Waals surface area contributed by atoms with E-state index in [1.54, 1.807) is 0 Å². The molecule has 0 aromatic carbocycles. The molecule has 1 atom stereocenters. The van der Waals surface area contributed by atoms with Crippen molar-refractivity contribution in [2.75, 3.05) is 13.2 Å². The maximum atomic E-state index is 12.8. The van der Waals surface area contributed by atoms with Crippen LogP contribution in [0.4, 0.5) is 0 Å². The van der Waals surface area contributed by atoms with Gasteiger partial charge in [-0.05, 0) is 83.5 Å². The Morgan fingerprint density at radius 2 is 0.635 bits per heavy atom. The molecular formula is C57H86O6. The van der Waals surface area contributed by atoms with Crippen LogP contribution in [0.25, 0.3) is 0 Å². The van der Waals surface area contributed by atoms with Crippen molar-refractivity contribution in [3.05, 3.63) is 146 Å². The van der Waals surface area contributed by atoms with Gasteiger partial charge in [0.2, 0.25) is 0 Å².